The van der Waals surface area contributed by atoms with Crippen LogP contribution in [0.25, 0.3) is 0 Å². The summed E-state index contributed by atoms with van der Waals surface area (Å²) in [6.07, 6.45) is 5.74. The summed E-state index contributed by atoms with van der Waals surface area (Å²) in [6, 6.07) is 4.37. The Bertz CT molecular complexity index is 314. The van der Waals surface area contributed by atoms with E-state index in [1.54, 1.807) is 6.20 Å². The highest BCUT2D eigenvalue weighted by molar-refractivity contribution is 5.12. The maximum Gasteiger partial charge on any atom is 0.0434 e. The van der Waals surface area contributed by atoms with Crippen molar-refractivity contribution in [2.24, 2.45) is 11.8 Å². The van der Waals surface area contributed by atoms with E-state index >= 15 is 0 Å². The molecule has 0 amide bonds. The number of pyridine rings is 1. The summed E-state index contributed by atoms with van der Waals surface area (Å²) in [7, 11) is 0. The van der Waals surface area contributed by atoms with E-state index in [1.165, 1.54) is 5.56 Å². The monoisotopic (exact) mass is 250 g/mol. The van der Waals surface area contributed by atoms with Gasteiger partial charge in [-0.2, -0.15) is 0 Å². The van der Waals surface area contributed by atoms with Gasteiger partial charge in [0.05, 0.1) is 0 Å². The third kappa shape index (κ3) is 5.61. The van der Waals surface area contributed by atoms with E-state index in [0.29, 0.717) is 17.9 Å². The van der Waals surface area contributed by atoms with Crippen LogP contribution in [-0.2, 0) is 0 Å². The molecule has 2 unspecified atom stereocenters. The van der Waals surface area contributed by atoms with Crippen molar-refractivity contribution in [3.63, 3.8) is 0 Å². The minimum atomic E-state index is 0.278. The van der Waals surface area contributed by atoms with Gasteiger partial charge in [-0.25, -0.2) is 0 Å². The average molecular weight is 250 g/mol. The quantitative estimate of drug-likeness (QED) is 0.745. The molecular formula is C15H26N2O. The van der Waals surface area contributed by atoms with Gasteiger partial charge in [-0.05, 0) is 49.8 Å². The molecule has 3 nitrogen and oxygen atoms in total. The Morgan fingerprint density at radius 3 is 2.67 bits per heavy atom. The third-order valence-corrected chi connectivity index (χ3v) is 3.24. The summed E-state index contributed by atoms with van der Waals surface area (Å²) in [5.41, 5.74) is 1.21. The Labute approximate surface area is 111 Å². The maximum atomic E-state index is 9.09. The van der Waals surface area contributed by atoms with Crippen molar-refractivity contribution >= 4 is 0 Å². The Hall–Kier alpha value is -0.930. The van der Waals surface area contributed by atoms with Crippen LogP contribution in [-0.4, -0.2) is 23.2 Å². The third-order valence-electron chi connectivity index (χ3n) is 3.24. The van der Waals surface area contributed by atoms with Crippen LogP contribution in [0.2, 0.25) is 0 Å². The van der Waals surface area contributed by atoms with Crippen LogP contribution in [0.3, 0.4) is 0 Å². The summed E-state index contributed by atoms with van der Waals surface area (Å²) < 4.78 is 0. The van der Waals surface area contributed by atoms with E-state index in [4.69, 9.17) is 5.11 Å². The van der Waals surface area contributed by atoms with Crippen LogP contribution in [0.15, 0.2) is 24.5 Å². The van der Waals surface area contributed by atoms with Gasteiger partial charge in [0.2, 0.25) is 0 Å². The fourth-order valence-corrected chi connectivity index (χ4v) is 2.25. The van der Waals surface area contributed by atoms with Crippen molar-refractivity contribution in [1.29, 1.82) is 0 Å². The van der Waals surface area contributed by atoms with E-state index in [-0.39, 0.29) is 6.61 Å². The van der Waals surface area contributed by atoms with Crippen LogP contribution >= 0.6 is 0 Å². The smallest absolute Gasteiger partial charge is 0.0434 e. The van der Waals surface area contributed by atoms with Crippen LogP contribution in [0, 0.1) is 11.8 Å². The zero-order chi connectivity index (χ0) is 13.4. The molecule has 0 aliphatic heterocycles. The highest BCUT2D eigenvalue weighted by Gasteiger charge is 2.12. The molecule has 2 N–H and O–H groups in total. The van der Waals surface area contributed by atoms with Crippen molar-refractivity contribution in [3.05, 3.63) is 30.1 Å². The van der Waals surface area contributed by atoms with Crippen molar-refractivity contribution in [2.75, 3.05) is 13.2 Å². The molecule has 0 aromatic carbocycles. The van der Waals surface area contributed by atoms with E-state index in [0.717, 1.165) is 19.4 Å². The zero-order valence-corrected chi connectivity index (χ0v) is 11.8. The van der Waals surface area contributed by atoms with E-state index < -0.39 is 0 Å². The first-order chi connectivity index (χ1) is 8.63. The highest BCUT2D eigenvalue weighted by Crippen LogP contribution is 2.16. The Morgan fingerprint density at radius 2 is 2.11 bits per heavy atom. The molecule has 0 fully saturated rings. The number of hydrogen-bond acceptors (Lipinski definition) is 3. The molecule has 0 aliphatic carbocycles. The molecule has 1 aromatic heterocycles. The van der Waals surface area contributed by atoms with Crippen LogP contribution in [0.4, 0.5) is 0 Å². The first-order valence-corrected chi connectivity index (χ1v) is 6.87. The normalized spacial score (nSPS) is 14.7. The molecule has 0 saturated heterocycles. The van der Waals surface area contributed by atoms with Gasteiger partial charge in [0, 0.05) is 25.0 Å². The molecule has 0 bridgehead atoms. The van der Waals surface area contributed by atoms with Crippen molar-refractivity contribution in [3.8, 4) is 0 Å². The fraction of sp³-hybridized carbons (Fsp3) is 0.667. The lowest BCUT2D eigenvalue weighted by molar-refractivity contribution is 0.237. The summed E-state index contributed by atoms with van der Waals surface area (Å²) in [5.74, 6) is 1.23. The van der Waals surface area contributed by atoms with Crippen molar-refractivity contribution in [2.45, 2.75) is 39.7 Å². The minimum Gasteiger partial charge on any atom is -0.396 e. The summed E-state index contributed by atoms with van der Waals surface area (Å²) >= 11 is 0. The highest BCUT2D eigenvalue weighted by atomic mass is 16.3. The zero-order valence-electron chi connectivity index (χ0n) is 11.8. The number of rotatable bonds is 8. The number of hydrogen-bond donors (Lipinski definition) is 2. The predicted molar refractivity (Wildman–Crippen MR) is 75.3 cm³/mol. The molecule has 0 aliphatic rings. The lowest BCUT2D eigenvalue weighted by Crippen LogP contribution is -2.27. The minimum absolute atomic E-state index is 0.278. The first-order valence-electron chi connectivity index (χ1n) is 6.87. The molecule has 3 heteroatoms. The molecule has 18 heavy (non-hydrogen) atoms. The molecule has 2 atom stereocenters. The molecule has 0 saturated carbocycles. The van der Waals surface area contributed by atoms with Gasteiger partial charge in [-0.15, -0.1) is 0 Å². The Balaban J connectivity index is 2.41. The van der Waals surface area contributed by atoms with Gasteiger partial charge < -0.3 is 10.4 Å². The second kappa shape index (κ2) is 8.22. The van der Waals surface area contributed by atoms with Gasteiger partial charge >= 0.3 is 0 Å². The average Bonchev–Trinajstić information content (AvgIpc) is 2.36. The van der Waals surface area contributed by atoms with Gasteiger partial charge in [-0.1, -0.05) is 19.9 Å². The van der Waals surface area contributed by atoms with Crippen LogP contribution in [0.1, 0.15) is 45.2 Å². The van der Waals surface area contributed by atoms with Crippen LogP contribution < -0.4 is 5.32 Å². The summed E-state index contributed by atoms with van der Waals surface area (Å²) in [5, 5.41) is 12.6. The molecule has 0 spiro atoms. The van der Waals surface area contributed by atoms with Crippen molar-refractivity contribution < 1.29 is 5.11 Å². The van der Waals surface area contributed by atoms with E-state index in [1.807, 2.05) is 12.3 Å². The Kier molecular flexibility index (Phi) is 6.91. The molecule has 1 aromatic rings. The second-order valence-electron chi connectivity index (χ2n) is 5.42. The maximum absolute atomic E-state index is 9.09. The lowest BCUT2D eigenvalue weighted by atomic mass is 9.94. The lowest BCUT2D eigenvalue weighted by Gasteiger charge is -2.21. The largest absolute Gasteiger partial charge is 0.396 e. The van der Waals surface area contributed by atoms with Crippen molar-refractivity contribution in [1.82, 2.24) is 10.3 Å². The molecule has 1 rings (SSSR count). The molecular weight excluding hydrogens is 224 g/mol. The number of aliphatic hydroxyl groups excluding tert-OH is 1. The topological polar surface area (TPSA) is 45.1 Å². The van der Waals surface area contributed by atoms with E-state index in [9.17, 15) is 0 Å². The molecule has 0 radical (unpaired) electrons. The van der Waals surface area contributed by atoms with Gasteiger partial charge in [0.25, 0.3) is 0 Å². The standard InChI is InChI=1S/C15H26N2O/c1-12(2)9-14(6-8-18)10-17-13(3)15-5-4-7-16-11-15/h4-5,7,11-14,17-18H,6,8-10H2,1-3H3. The number of aromatic nitrogens is 1. The Morgan fingerprint density at radius 1 is 1.33 bits per heavy atom. The summed E-state index contributed by atoms with van der Waals surface area (Å²) in [4.78, 5) is 4.14. The summed E-state index contributed by atoms with van der Waals surface area (Å²) in [6.45, 7) is 7.85. The number of aliphatic hydroxyl groups is 1. The number of nitrogens with one attached hydrogen (secondary N) is 1. The van der Waals surface area contributed by atoms with Gasteiger partial charge in [0.1, 0.15) is 0 Å². The van der Waals surface area contributed by atoms with E-state index in [2.05, 4.69) is 37.1 Å². The SMILES string of the molecule is CC(C)CC(CCO)CNC(C)c1cccnc1. The van der Waals surface area contributed by atoms with Crippen LogP contribution in [0.5, 0.6) is 0 Å². The molecule has 102 valence electrons. The van der Waals surface area contributed by atoms with Gasteiger partial charge in [-0.3, -0.25) is 4.98 Å². The fourth-order valence-electron chi connectivity index (χ4n) is 2.25. The predicted octanol–water partition coefficient (Wildman–Crippen LogP) is 2.78. The second-order valence-corrected chi connectivity index (χ2v) is 5.42. The first kappa shape index (κ1) is 15.1. The van der Waals surface area contributed by atoms with Gasteiger partial charge in [0.15, 0.2) is 0 Å². The number of nitrogens with zero attached hydrogens (tertiary/aromatic N) is 1. The molecule has 1 heterocycles.